The molecule has 0 N–H and O–H groups in total. The minimum atomic E-state index is 0.741. The lowest BCUT2D eigenvalue weighted by molar-refractivity contribution is 0.0962. The normalized spacial score (nSPS) is 19.9. The number of benzene rings is 1. The summed E-state index contributed by atoms with van der Waals surface area (Å²) in [4.78, 5) is 5.20. The van der Waals surface area contributed by atoms with Gasteiger partial charge in [-0.1, -0.05) is 31.2 Å². The second kappa shape index (κ2) is 6.35. The molecule has 0 radical (unpaired) electrons. The van der Waals surface area contributed by atoms with Crippen molar-refractivity contribution in [1.29, 1.82) is 0 Å². The topological polar surface area (TPSA) is 6.48 Å². The van der Waals surface area contributed by atoms with E-state index in [1.54, 1.807) is 0 Å². The molecule has 2 nitrogen and oxygen atoms in total. The van der Waals surface area contributed by atoms with Crippen molar-refractivity contribution in [3.63, 3.8) is 0 Å². The summed E-state index contributed by atoms with van der Waals surface area (Å²) in [6, 6.07) is 9.49. The van der Waals surface area contributed by atoms with E-state index in [4.69, 9.17) is 0 Å². The molecule has 0 amide bonds. The molecule has 0 unspecified atom stereocenters. The summed E-state index contributed by atoms with van der Waals surface area (Å²) in [6.45, 7) is 12.8. The van der Waals surface area contributed by atoms with E-state index in [-0.39, 0.29) is 0 Å². The van der Waals surface area contributed by atoms with E-state index < -0.39 is 0 Å². The van der Waals surface area contributed by atoms with Crippen LogP contribution in [0.15, 0.2) is 24.3 Å². The van der Waals surface area contributed by atoms with Gasteiger partial charge in [-0.15, -0.1) is 0 Å². The van der Waals surface area contributed by atoms with Crippen LogP contribution in [0.4, 0.5) is 0 Å². The third-order valence-corrected chi connectivity index (χ3v) is 4.28. The van der Waals surface area contributed by atoms with Crippen LogP contribution in [0.25, 0.3) is 0 Å². The molecule has 1 aromatic carbocycles. The quantitative estimate of drug-likeness (QED) is 0.806. The van der Waals surface area contributed by atoms with Gasteiger partial charge < -0.3 is 0 Å². The van der Waals surface area contributed by atoms with Crippen molar-refractivity contribution in [2.45, 2.75) is 39.8 Å². The summed E-state index contributed by atoms with van der Waals surface area (Å²) in [6.07, 6.45) is 1.26. The Hall–Kier alpha value is -0.860. The van der Waals surface area contributed by atoms with Gasteiger partial charge in [-0.05, 0) is 31.4 Å². The molecule has 1 saturated heterocycles. The maximum absolute atomic E-state index is 2.62. The van der Waals surface area contributed by atoms with Gasteiger partial charge in [0.1, 0.15) is 0 Å². The van der Waals surface area contributed by atoms with Gasteiger partial charge in [-0.25, -0.2) is 0 Å². The van der Waals surface area contributed by atoms with Crippen molar-refractivity contribution in [2.24, 2.45) is 0 Å². The fraction of sp³-hybridized carbons (Fsp3) is 0.625. The standard InChI is InChI=1S/C16H26N2/c1-4-15(3)18-11-9-17(10-12-18)13-16-8-6-5-7-14(16)2/h5-8,15H,4,9-13H2,1-3H3/t15-/m1/s1. The third-order valence-electron chi connectivity index (χ3n) is 4.28. The summed E-state index contributed by atoms with van der Waals surface area (Å²) >= 11 is 0. The molecular formula is C16H26N2. The summed E-state index contributed by atoms with van der Waals surface area (Å²) < 4.78 is 0. The van der Waals surface area contributed by atoms with E-state index in [2.05, 4.69) is 54.8 Å². The highest BCUT2D eigenvalue weighted by molar-refractivity contribution is 5.25. The minimum Gasteiger partial charge on any atom is -0.298 e. The Balaban J connectivity index is 1.86. The van der Waals surface area contributed by atoms with Crippen molar-refractivity contribution >= 4 is 0 Å². The summed E-state index contributed by atoms with van der Waals surface area (Å²) in [5.74, 6) is 0. The fourth-order valence-corrected chi connectivity index (χ4v) is 2.65. The monoisotopic (exact) mass is 246 g/mol. The fourth-order valence-electron chi connectivity index (χ4n) is 2.65. The van der Waals surface area contributed by atoms with Crippen LogP contribution in [-0.2, 0) is 6.54 Å². The predicted octanol–water partition coefficient (Wildman–Crippen LogP) is 2.91. The van der Waals surface area contributed by atoms with Crippen molar-refractivity contribution in [1.82, 2.24) is 9.80 Å². The molecule has 1 aliphatic rings. The highest BCUT2D eigenvalue weighted by Gasteiger charge is 2.20. The first-order valence-electron chi connectivity index (χ1n) is 7.21. The lowest BCUT2D eigenvalue weighted by atomic mass is 10.1. The SMILES string of the molecule is CC[C@@H](C)N1CCN(Cc2ccccc2C)CC1. The van der Waals surface area contributed by atoms with Crippen LogP contribution >= 0.6 is 0 Å². The molecule has 1 aliphatic heterocycles. The summed E-state index contributed by atoms with van der Waals surface area (Å²) in [5, 5.41) is 0. The molecule has 1 atom stereocenters. The number of hydrogen-bond donors (Lipinski definition) is 0. The van der Waals surface area contributed by atoms with Crippen LogP contribution in [0.2, 0.25) is 0 Å². The molecule has 0 bridgehead atoms. The molecular weight excluding hydrogens is 220 g/mol. The summed E-state index contributed by atoms with van der Waals surface area (Å²) in [7, 11) is 0. The number of piperazine rings is 1. The van der Waals surface area contributed by atoms with E-state index in [1.807, 2.05) is 0 Å². The van der Waals surface area contributed by atoms with Gasteiger partial charge in [-0.2, -0.15) is 0 Å². The van der Waals surface area contributed by atoms with Gasteiger partial charge in [0.2, 0.25) is 0 Å². The first-order valence-corrected chi connectivity index (χ1v) is 7.21. The highest BCUT2D eigenvalue weighted by atomic mass is 15.3. The van der Waals surface area contributed by atoms with Crippen LogP contribution in [-0.4, -0.2) is 42.0 Å². The molecule has 0 spiro atoms. The van der Waals surface area contributed by atoms with E-state index in [0.29, 0.717) is 0 Å². The molecule has 1 aromatic rings. The molecule has 100 valence electrons. The number of nitrogens with zero attached hydrogens (tertiary/aromatic N) is 2. The molecule has 0 aliphatic carbocycles. The van der Waals surface area contributed by atoms with Crippen LogP contribution in [0.5, 0.6) is 0 Å². The van der Waals surface area contributed by atoms with Gasteiger partial charge in [0.15, 0.2) is 0 Å². The zero-order chi connectivity index (χ0) is 13.0. The lowest BCUT2D eigenvalue weighted by Gasteiger charge is -2.38. The largest absolute Gasteiger partial charge is 0.298 e. The van der Waals surface area contributed by atoms with Crippen molar-refractivity contribution in [3.8, 4) is 0 Å². The number of aryl methyl sites for hydroxylation is 1. The molecule has 2 rings (SSSR count). The van der Waals surface area contributed by atoms with E-state index >= 15 is 0 Å². The first-order chi connectivity index (χ1) is 8.70. The maximum Gasteiger partial charge on any atom is 0.0237 e. The Labute approximate surface area is 112 Å². The average Bonchev–Trinajstić information content (AvgIpc) is 2.41. The van der Waals surface area contributed by atoms with Gasteiger partial charge in [-0.3, -0.25) is 9.80 Å². The van der Waals surface area contributed by atoms with Gasteiger partial charge in [0.25, 0.3) is 0 Å². The molecule has 1 heterocycles. The Morgan fingerprint density at radius 3 is 2.39 bits per heavy atom. The lowest BCUT2D eigenvalue weighted by Crippen LogP contribution is -2.49. The highest BCUT2D eigenvalue weighted by Crippen LogP contribution is 2.14. The second-order valence-corrected chi connectivity index (χ2v) is 5.50. The van der Waals surface area contributed by atoms with Crippen molar-refractivity contribution in [2.75, 3.05) is 26.2 Å². The van der Waals surface area contributed by atoms with Crippen LogP contribution in [0, 0.1) is 6.92 Å². The molecule has 18 heavy (non-hydrogen) atoms. The number of rotatable bonds is 4. The van der Waals surface area contributed by atoms with Gasteiger partial charge in [0, 0.05) is 38.8 Å². The average molecular weight is 246 g/mol. The van der Waals surface area contributed by atoms with Gasteiger partial charge in [0.05, 0.1) is 0 Å². The zero-order valence-electron chi connectivity index (χ0n) is 12.0. The van der Waals surface area contributed by atoms with Crippen molar-refractivity contribution in [3.05, 3.63) is 35.4 Å². The zero-order valence-corrected chi connectivity index (χ0v) is 12.0. The van der Waals surface area contributed by atoms with E-state index in [9.17, 15) is 0 Å². The third kappa shape index (κ3) is 3.33. The van der Waals surface area contributed by atoms with Gasteiger partial charge >= 0.3 is 0 Å². The molecule has 0 saturated carbocycles. The maximum atomic E-state index is 2.62. The predicted molar refractivity (Wildman–Crippen MR) is 77.8 cm³/mol. The molecule has 0 aromatic heterocycles. The Morgan fingerprint density at radius 1 is 1.11 bits per heavy atom. The Kier molecular flexibility index (Phi) is 4.79. The minimum absolute atomic E-state index is 0.741. The number of hydrogen-bond acceptors (Lipinski definition) is 2. The Bertz CT molecular complexity index is 367. The van der Waals surface area contributed by atoms with Crippen LogP contribution < -0.4 is 0 Å². The van der Waals surface area contributed by atoms with Crippen LogP contribution in [0.3, 0.4) is 0 Å². The Morgan fingerprint density at radius 2 is 1.78 bits per heavy atom. The van der Waals surface area contributed by atoms with Crippen LogP contribution in [0.1, 0.15) is 31.4 Å². The van der Waals surface area contributed by atoms with Crippen molar-refractivity contribution < 1.29 is 0 Å². The second-order valence-electron chi connectivity index (χ2n) is 5.50. The molecule has 1 fully saturated rings. The van der Waals surface area contributed by atoms with E-state index in [1.165, 1.54) is 43.7 Å². The smallest absolute Gasteiger partial charge is 0.0237 e. The first kappa shape index (κ1) is 13.6. The van der Waals surface area contributed by atoms with E-state index in [0.717, 1.165) is 12.6 Å². The molecule has 2 heteroatoms. The summed E-state index contributed by atoms with van der Waals surface area (Å²) in [5.41, 5.74) is 2.90.